The van der Waals surface area contributed by atoms with Crippen LogP contribution in [0.4, 0.5) is 19.0 Å². The molecular formula is C28H28F3N7O3S. The topological polar surface area (TPSA) is 128 Å². The second-order valence-corrected chi connectivity index (χ2v) is 11.1. The zero-order valence-corrected chi connectivity index (χ0v) is 23.9. The lowest BCUT2D eigenvalue weighted by Gasteiger charge is -2.36. The Morgan fingerprint density at radius 2 is 1.81 bits per heavy atom. The Morgan fingerprint density at radius 3 is 2.33 bits per heavy atom. The van der Waals surface area contributed by atoms with Gasteiger partial charge in [-0.15, -0.1) is 11.3 Å². The molecule has 4 aromatic heterocycles. The van der Waals surface area contributed by atoms with E-state index in [4.69, 9.17) is 9.78 Å². The van der Waals surface area contributed by atoms with E-state index < -0.39 is 18.6 Å². The molecule has 1 aliphatic heterocycles. The first-order valence-electron chi connectivity index (χ1n) is 13.0. The number of halogens is 3. The van der Waals surface area contributed by atoms with Gasteiger partial charge in [-0.25, -0.2) is 14.5 Å². The number of aldehydes is 1. The van der Waals surface area contributed by atoms with Crippen LogP contribution in [0.2, 0.25) is 0 Å². The van der Waals surface area contributed by atoms with E-state index in [1.165, 1.54) is 0 Å². The highest BCUT2D eigenvalue weighted by molar-refractivity contribution is 7.15. The number of piperazine rings is 1. The summed E-state index contributed by atoms with van der Waals surface area (Å²) in [7, 11) is 0. The van der Waals surface area contributed by atoms with Gasteiger partial charge in [-0.05, 0) is 31.0 Å². The van der Waals surface area contributed by atoms with Crippen LogP contribution < -0.4 is 4.90 Å². The highest BCUT2D eigenvalue weighted by Gasteiger charge is 2.28. The monoisotopic (exact) mass is 599 g/mol. The van der Waals surface area contributed by atoms with Gasteiger partial charge in [-0.2, -0.15) is 23.5 Å². The number of aliphatic hydroxyl groups is 1. The van der Waals surface area contributed by atoms with Crippen LogP contribution in [0.5, 0.6) is 0 Å². The number of hydrogen-bond donors (Lipinski definition) is 1. The number of alkyl halides is 3. The number of fused-ring (bicyclic) bond motifs is 1. The minimum absolute atomic E-state index is 0.104. The number of nitrogens with zero attached hydrogens (tertiary/aromatic N) is 7. The molecule has 5 rings (SSSR count). The van der Waals surface area contributed by atoms with Gasteiger partial charge in [0.05, 0.1) is 27.2 Å². The number of carbonyl (C=O) groups excluding carboxylic acids is 2. The van der Waals surface area contributed by atoms with E-state index >= 15 is 0 Å². The number of hydrogen-bond acceptors (Lipinski definition) is 9. The predicted molar refractivity (Wildman–Crippen MR) is 151 cm³/mol. The summed E-state index contributed by atoms with van der Waals surface area (Å²) in [6.45, 7) is 8.04. The summed E-state index contributed by atoms with van der Waals surface area (Å²) in [6.07, 6.45) is 0.515. The zero-order chi connectivity index (χ0) is 30.6. The van der Waals surface area contributed by atoms with E-state index in [0.717, 1.165) is 37.9 Å². The van der Waals surface area contributed by atoms with Gasteiger partial charge >= 0.3 is 6.18 Å². The molecule has 0 radical (unpaired) electrons. The molecule has 1 fully saturated rings. The highest BCUT2D eigenvalue weighted by Crippen LogP contribution is 2.34. The van der Waals surface area contributed by atoms with E-state index in [1.807, 2.05) is 51.5 Å². The number of rotatable bonds is 5. The minimum atomic E-state index is -4.64. The van der Waals surface area contributed by atoms with Crippen LogP contribution in [0.1, 0.15) is 24.4 Å². The van der Waals surface area contributed by atoms with Gasteiger partial charge in [0.15, 0.2) is 0 Å². The molecule has 220 valence electrons. The average molecular weight is 600 g/mol. The van der Waals surface area contributed by atoms with Crippen molar-refractivity contribution in [1.29, 1.82) is 5.26 Å². The molecular weight excluding hydrogens is 571 g/mol. The van der Waals surface area contributed by atoms with Crippen LogP contribution in [0, 0.1) is 24.2 Å². The van der Waals surface area contributed by atoms with Crippen molar-refractivity contribution in [3.05, 3.63) is 53.6 Å². The maximum atomic E-state index is 12.5. The van der Waals surface area contributed by atoms with E-state index in [0.29, 0.717) is 31.7 Å². The van der Waals surface area contributed by atoms with Crippen LogP contribution >= 0.6 is 11.3 Å². The molecule has 1 saturated heterocycles. The lowest BCUT2D eigenvalue weighted by molar-refractivity contribution is -0.156. The van der Waals surface area contributed by atoms with Crippen LogP contribution in [0.25, 0.3) is 27.1 Å². The standard InChI is InChI=1S/C26H27N7O2S.C2HF3O/c1-16(2)25(34)26(35)32-8-6-31(7-9-32)23-5-4-18(12-29-23)21-10-19(22-14-28-17(3)36-22)15-33-24(21)20(11-27)13-30-33;3-2(4,5)1-6/h4-5,10,12-16,25,34H,6-9H2,1-3H3;1H/t25-;/m1./s1. The molecule has 1 N–H and O–H groups in total. The first kappa shape index (κ1) is 30.6. The third-order valence-corrected chi connectivity index (χ3v) is 7.59. The number of anilines is 1. The van der Waals surface area contributed by atoms with Gasteiger partial charge in [-0.3, -0.25) is 9.59 Å². The molecule has 42 heavy (non-hydrogen) atoms. The molecule has 10 nitrogen and oxygen atoms in total. The molecule has 14 heteroatoms. The number of pyridine rings is 2. The molecule has 0 saturated carbocycles. The molecule has 0 spiro atoms. The van der Waals surface area contributed by atoms with Gasteiger partial charge in [0.2, 0.25) is 6.29 Å². The number of aromatic nitrogens is 4. The van der Waals surface area contributed by atoms with Crippen LogP contribution in [0.15, 0.2) is 43.0 Å². The normalized spacial score (nSPS) is 14.4. The number of thiazole rings is 1. The Bertz CT molecular complexity index is 1600. The molecule has 0 aromatic carbocycles. The summed E-state index contributed by atoms with van der Waals surface area (Å²) in [5.41, 5.74) is 3.99. The Kier molecular flexibility index (Phi) is 9.23. The molecule has 0 bridgehead atoms. The molecule has 0 aliphatic carbocycles. The first-order valence-corrected chi connectivity index (χ1v) is 13.8. The van der Waals surface area contributed by atoms with Crippen molar-refractivity contribution < 1.29 is 27.9 Å². The van der Waals surface area contributed by atoms with Gasteiger partial charge in [0, 0.05) is 61.5 Å². The van der Waals surface area contributed by atoms with Crippen molar-refractivity contribution in [3.8, 4) is 27.6 Å². The van der Waals surface area contributed by atoms with Crippen LogP contribution in [-0.2, 0) is 9.59 Å². The largest absolute Gasteiger partial charge is 0.446 e. The Hall–Kier alpha value is -4.35. The third-order valence-electron chi connectivity index (χ3n) is 6.63. The molecule has 1 aliphatic rings. The highest BCUT2D eigenvalue weighted by atomic mass is 32.1. The predicted octanol–water partition coefficient (Wildman–Crippen LogP) is 4.11. The van der Waals surface area contributed by atoms with E-state index in [-0.39, 0.29) is 11.8 Å². The van der Waals surface area contributed by atoms with Crippen molar-refractivity contribution in [2.75, 3.05) is 31.1 Å². The lowest BCUT2D eigenvalue weighted by Crippen LogP contribution is -2.52. The molecule has 1 amide bonds. The van der Waals surface area contributed by atoms with E-state index in [2.05, 4.69) is 27.1 Å². The summed E-state index contributed by atoms with van der Waals surface area (Å²) >= 11 is 1.61. The van der Waals surface area contributed by atoms with Crippen molar-refractivity contribution in [3.63, 3.8) is 0 Å². The minimum Gasteiger partial charge on any atom is -0.383 e. The molecule has 5 heterocycles. The number of nitriles is 1. The number of aryl methyl sites for hydroxylation is 1. The Morgan fingerprint density at radius 1 is 1.12 bits per heavy atom. The third kappa shape index (κ3) is 6.92. The SMILES string of the molecule is Cc1ncc(-c2cc(-c3ccc(N4CCN(C(=O)[C@H](O)C(C)C)CC4)nc3)c3c(C#N)cnn3c2)s1.O=CC(F)(F)F. The molecule has 1 atom stereocenters. The van der Waals surface area contributed by atoms with Crippen molar-refractivity contribution >= 4 is 34.9 Å². The summed E-state index contributed by atoms with van der Waals surface area (Å²) in [4.78, 5) is 35.1. The quantitative estimate of drug-likeness (QED) is 0.340. The van der Waals surface area contributed by atoms with Gasteiger partial charge < -0.3 is 14.9 Å². The Balaban J connectivity index is 0.000000612. The van der Waals surface area contributed by atoms with Crippen molar-refractivity contribution in [2.45, 2.75) is 33.1 Å². The van der Waals surface area contributed by atoms with Gasteiger partial charge in [0.25, 0.3) is 5.91 Å². The Labute approximate surface area is 243 Å². The molecule has 0 unspecified atom stereocenters. The molecule has 4 aromatic rings. The fraction of sp³-hybridized carbons (Fsp3) is 0.357. The van der Waals surface area contributed by atoms with Gasteiger partial charge in [-0.1, -0.05) is 13.8 Å². The maximum absolute atomic E-state index is 12.5. The number of carbonyl (C=O) groups is 2. The second-order valence-electron chi connectivity index (χ2n) is 9.91. The van der Waals surface area contributed by atoms with Crippen molar-refractivity contribution in [1.82, 2.24) is 24.5 Å². The van der Waals surface area contributed by atoms with E-state index in [9.17, 15) is 28.3 Å². The smallest absolute Gasteiger partial charge is 0.383 e. The summed E-state index contributed by atoms with van der Waals surface area (Å²) in [5.74, 6) is 0.517. The van der Waals surface area contributed by atoms with E-state index in [1.54, 1.807) is 26.9 Å². The summed E-state index contributed by atoms with van der Waals surface area (Å²) in [6, 6.07) is 8.28. The van der Waals surface area contributed by atoms with Crippen molar-refractivity contribution in [2.24, 2.45) is 5.92 Å². The van der Waals surface area contributed by atoms with Crippen LogP contribution in [0.3, 0.4) is 0 Å². The number of amides is 1. The fourth-order valence-corrected chi connectivity index (χ4v) is 5.17. The fourth-order valence-electron chi connectivity index (χ4n) is 4.41. The second kappa shape index (κ2) is 12.7. The van der Waals surface area contributed by atoms with Gasteiger partial charge in [0.1, 0.15) is 18.0 Å². The average Bonchev–Trinajstić information content (AvgIpc) is 3.62. The lowest BCUT2D eigenvalue weighted by atomic mass is 10.0. The zero-order valence-electron chi connectivity index (χ0n) is 23.0. The summed E-state index contributed by atoms with van der Waals surface area (Å²) < 4.78 is 33.0. The number of aliphatic hydroxyl groups excluding tert-OH is 1. The van der Waals surface area contributed by atoms with Crippen LogP contribution in [-0.4, -0.2) is 80.2 Å². The summed E-state index contributed by atoms with van der Waals surface area (Å²) in [5, 5.41) is 25.1. The first-order chi connectivity index (χ1) is 19.9. The maximum Gasteiger partial charge on any atom is 0.446 e.